The number of aliphatic hydroxyl groups excluding tert-OH is 1. The smallest absolute Gasteiger partial charge is 0.128 e. The number of halogens is 1. The van der Waals surface area contributed by atoms with Gasteiger partial charge in [-0.1, -0.05) is 18.2 Å². The van der Waals surface area contributed by atoms with Gasteiger partial charge in [-0.3, -0.25) is 9.58 Å². The van der Waals surface area contributed by atoms with E-state index in [0.717, 1.165) is 19.4 Å². The first-order valence-electron chi connectivity index (χ1n) is 8.35. The quantitative estimate of drug-likeness (QED) is 0.844. The van der Waals surface area contributed by atoms with Crippen molar-refractivity contribution in [1.29, 1.82) is 0 Å². The Labute approximate surface area is 141 Å². The van der Waals surface area contributed by atoms with Crippen molar-refractivity contribution in [2.24, 2.45) is 7.05 Å². The lowest BCUT2D eigenvalue weighted by Gasteiger charge is -2.26. The molecule has 0 saturated carbocycles. The summed E-state index contributed by atoms with van der Waals surface area (Å²) in [4.78, 5) is 2.27. The zero-order valence-corrected chi connectivity index (χ0v) is 13.9. The maximum Gasteiger partial charge on any atom is 0.128 e. The minimum Gasteiger partial charge on any atom is -0.389 e. The number of aryl methyl sites for hydroxylation is 1. The summed E-state index contributed by atoms with van der Waals surface area (Å²) in [5, 5.41) is 14.5. The van der Waals surface area contributed by atoms with E-state index in [9.17, 15) is 9.50 Å². The maximum absolute atomic E-state index is 13.5. The highest BCUT2D eigenvalue weighted by molar-refractivity contribution is 5.16. The van der Waals surface area contributed by atoms with Crippen LogP contribution < -0.4 is 0 Å². The molecular weight excluding hydrogens is 309 g/mol. The second-order valence-electron chi connectivity index (χ2n) is 6.36. The summed E-state index contributed by atoms with van der Waals surface area (Å²) in [6.45, 7) is 1.89. The summed E-state index contributed by atoms with van der Waals surface area (Å²) >= 11 is 0. The summed E-state index contributed by atoms with van der Waals surface area (Å²) < 4.78 is 20.8. The van der Waals surface area contributed by atoms with Crippen molar-refractivity contribution >= 4 is 0 Å². The molecule has 0 aliphatic carbocycles. The van der Waals surface area contributed by atoms with Crippen LogP contribution in [0.5, 0.6) is 0 Å². The van der Waals surface area contributed by atoms with Crippen molar-refractivity contribution in [3.8, 4) is 0 Å². The van der Waals surface area contributed by atoms with Gasteiger partial charge in [-0.2, -0.15) is 5.10 Å². The number of hydrogen-bond acceptors (Lipinski definition) is 4. The first-order chi connectivity index (χ1) is 11.6. The molecule has 24 heavy (non-hydrogen) atoms. The highest BCUT2D eigenvalue weighted by Crippen LogP contribution is 2.31. The van der Waals surface area contributed by atoms with Crippen molar-refractivity contribution < 1.29 is 14.2 Å². The molecule has 6 heteroatoms. The maximum atomic E-state index is 13.5. The van der Waals surface area contributed by atoms with Crippen LogP contribution >= 0.6 is 0 Å². The third-order valence-electron chi connectivity index (χ3n) is 4.44. The second-order valence-corrected chi connectivity index (χ2v) is 6.36. The number of nitrogens with zero attached hydrogens (tertiary/aromatic N) is 3. The fraction of sp³-hybridized carbons (Fsp3) is 0.500. The fourth-order valence-corrected chi connectivity index (χ4v) is 3.28. The van der Waals surface area contributed by atoms with Gasteiger partial charge >= 0.3 is 0 Å². The van der Waals surface area contributed by atoms with Crippen LogP contribution in [0, 0.1) is 5.82 Å². The summed E-state index contributed by atoms with van der Waals surface area (Å²) in [6, 6.07) is 6.85. The molecule has 1 aromatic carbocycles. The Bertz CT molecular complexity index is 661. The Kier molecular flexibility index (Phi) is 5.60. The van der Waals surface area contributed by atoms with Crippen LogP contribution in [0.4, 0.5) is 4.39 Å². The third-order valence-corrected chi connectivity index (χ3v) is 4.44. The number of ether oxygens (including phenoxy) is 1. The van der Waals surface area contributed by atoms with Crippen molar-refractivity contribution in [3.63, 3.8) is 0 Å². The average Bonchev–Trinajstić information content (AvgIpc) is 3.18. The Morgan fingerprint density at radius 2 is 2.25 bits per heavy atom. The highest BCUT2D eigenvalue weighted by Gasteiger charge is 2.28. The van der Waals surface area contributed by atoms with Gasteiger partial charge < -0.3 is 9.84 Å². The molecule has 0 bridgehead atoms. The lowest BCUT2D eigenvalue weighted by Crippen LogP contribution is -2.34. The van der Waals surface area contributed by atoms with E-state index in [-0.39, 0.29) is 19.0 Å². The third kappa shape index (κ3) is 4.20. The molecule has 3 rings (SSSR count). The molecule has 1 aliphatic rings. The van der Waals surface area contributed by atoms with E-state index in [4.69, 9.17) is 4.74 Å². The zero-order valence-electron chi connectivity index (χ0n) is 13.9. The van der Waals surface area contributed by atoms with Crippen LogP contribution in [0.3, 0.4) is 0 Å². The minimum absolute atomic E-state index is 0.176. The Hall–Kier alpha value is -1.76. The van der Waals surface area contributed by atoms with Crippen LogP contribution in [0.2, 0.25) is 0 Å². The van der Waals surface area contributed by atoms with E-state index in [2.05, 4.69) is 10.00 Å². The number of β-amino-alcohol motifs (C(OH)–C–C–N with tert-alkyl or cyclic N) is 1. The Balaban J connectivity index is 1.47. The lowest BCUT2D eigenvalue weighted by molar-refractivity contribution is 0.00698. The number of hydrogen-bond donors (Lipinski definition) is 1. The van der Waals surface area contributed by atoms with E-state index in [1.807, 2.05) is 19.4 Å². The second kappa shape index (κ2) is 7.88. The number of aliphatic hydroxyl groups is 1. The predicted octanol–water partition coefficient (Wildman–Crippen LogP) is 2.27. The van der Waals surface area contributed by atoms with E-state index in [1.165, 1.54) is 11.6 Å². The molecule has 5 nitrogen and oxygen atoms in total. The fourth-order valence-electron chi connectivity index (χ4n) is 3.28. The molecule has 1 aliphatic heterocycles. The van der Waals surface area contributed by atoms with Crippen LogP contribution in [-0.4, -0.2) is 45.6 Å². The van der Waals surface area contributed by atoms with Gasteiger partial charge in [0.25, 0.3) is 0 Å². The number of aromatic nitrogens is 2. The number of rotatable bonds is 7. The molecule has 2 atom stereocenters. The molecule has 2 unspecified atom stereocenters. The number of benzene rings is 1. The molecule has 130 valence electrons. The standard InChI is InChI=1S/C18H24FN3O2/c1-21-10-15(9-20-21)18-7-4-8-22(18)11-16(23)13-24-12-14-5-2-3-6-17(14)19/h2-3,5-6,9-10,16,18,23H,4,7-8,11-13H2,1H3. The van der Waals surface area contributed by atoms with Gasteiger partial charge in [0.2, 0.25) is 0 Å². The van der Waals surface area contributed by atoms with Crippen molar-refractivity contribution in [2.45, 2.75) is 31.6 Å². The van der Waals surface area contributed by atoms with Crippen LogP contribution in [-0.2, 0) is 18.4 Å². The van der Waals surface area contributed by atoms with Crippen molar-refractivity contribution in [3.05, 3.63) is 53.6 Å². The molecule has 1 aromatic heterocycles. The van der Waals surface area contributed by atoms with Crippen LogP contribution in [0.15, 0.2) is 36.7 Å². The highest BCUT2D eigenvalue weighted by atomic mass is 19.1. The summed E-state index contributed by atoms with van der Waals surface area (Å²) in [7, 11) is 1.91. The van der Waals surface area contributed by atoms with Gasteiger partial charge in [0.05, 0.1) is 25.5 Å². The molecule has 1 saturated heterocycles. The first kappa shape index (κ1) is 17.1. The molecule has 2 aromatic rings. The Morgan fingerprint density at radius 1 is 1.42 bits per heavy atom. The van der Waals surface area contributed by atoms with Crippen LogP contribution in [0.25, 0.3) is 0 Å². The largest absolute Gasteiger partial charge is 0.389 e. The van der Waals surface area contributed by atoms with Gasteiger partial charge in [0, 0.05) is 37.0 Å². The molecule has 2 heterocycles. The van der Waals surface area contributed by atoms with E-state index in [1.54, 1.807) is 22.9 Å². The average molecular weight is 333 g/mol. The Morgan fingerprint density at radius 3 is 3.00 bits per heavy atom. The lowest BCUT2D eigenvalue weighted by atomic mass is 10.1. The monoisotopic (exact) mass is 333 g/mol. The summed E-state index contributed by atoms with van der Waals surface area (Å²) in [5.41, 5.74) is 1.70. The van der Waals surface area contributed by atoms with Gasteiger partial charge in [-0.15, -0.1) is 0 Å². The first-order valence-corrected chi connectivity index (χ1v) is 8.35. The molecule has 0 radical (unpaired) electrons. The predicted molar refractivity (Wildman–Crippen MR) is 88.8 cm³/mol. The van der Waals surface area contributed by atoms with Gasteiger partial charge in [0.15, 0.2) is 0 Å². The number of likely N-dealkylation sites (tertiary alicyclic amines) is 1. The minimum atomic E-state index is -0.589. The van der Waals surface area contributed by atoms with E-state index >= 15 is 0 Å². The van der Waals surface area contributed by atoms with Gasteiger partial charge in [0.1, 0.15) is 5.82 Å². The van der Waals surface area contributed by atoms with Gasteiger partial charge in [-0.25, -0.2) is 4.39 Å². The van der Waals surface area contributed by atoms with E-state index < -0.39 is 6.10 Å². The summed E-state index contributed by atoms with van der Waals surface area (Å²) in [5.74, 6) is -0.275. The normalized spacial score (nSPS) is 19.7. The van der Waals surface area contributed by atoms with Crippen molar-refractivity contribution in [2.75, 3.05) is 19.7 Å². The summed E-state index contributed by atoms with van der Waals surface area (Å²) in [6.07, 6.45) is 5.53. The van der Waals surface area contributed by atoms with Crippen molar-refractivity contribution in [1.82, 2.24) is 14.7 Å². The molecule has 0 amide bonds. The van der Waals surface area contributed by atoms with E-state index in [0.29, 0.717) is 18.2 Å². The SMILES string of the molecule is Cn1cc(C2CCCN2CC(O)COCc2ccccc2F)cn1. The van der Waals surface area contributed by atoms with Gasteiger partial charge in [-0.05, 0) is 25.5 Å². The molecule has 1 fully saturated rings. The molecular formula is C18H24FN3O2. The topological polar surface area (TPSA) is 50.5 Å². The van der Waals surface area contributed by atoms with Crippen LogP contribution in [0.1, 0.15) is 30.0 Å². The molecule has 1 N–H and O–H groups in total. The molecule has 0 spiro atoms. The zero-order chi connectivity index (χ0) is 16.9.